The zero-order valence-electron chi connectivity index (χ0n) is 17.2. The van der Waals surface area contributed by atoms with E-state index in [-0.39, 0.29) is 30.2 Å². The Balaban J connectivity index is 1.45. The highest BCUT2D eigenvalue weighted by atomic mass is 16.6. The van der Waals surface area contributed by atoms with E-state index in [4.69, 9.17) is 5.26 Å². The van der Waals surface area contributed by atoms with Gasteiger partial charge >= 0.3 is 0 Å². The van der Waals surface area contributed by atoms with Gasteiger partial charge in [-0.1, -0.05) is 12.1 Å². The van der Waals surface area contributed by atoms with Gasteiger partial charge in [-0.25, -0.2) is 9.67 Å². The van der Waals surface area contributed by atoms with Crippen molar-refractivity contribution in [1.82, 2.24) is 24.6 Å². The summed E-state index contributed by atoms with van der Waals surface area (Å²) in [6.07, 6.45) is 2.79. The molecule has 2 heterocycles. The van der Waals surface area contributed by atoms with Crippen LogP contribution in [0.3, 0.4) is 0 Å². The van der Waals surface area contributed by atoms with Gasteiger partial charge in [-0.05, 0) is 29.8 Å². The van der Waals surface area contributed by atoms with Gasteiger partial charge in [0.2, 0.25) is 0 Å². The molecule has 4 rings (SSSR count). The first-order chi connectivity index (χ1) is 16.0. The molecule has 4 aromatic rings. The number of non-ortho nitro benzene ring substituents is 1. The number of carbonyl (C=O) groups is 1. The Morgan fingerprint density at radius 1 is 1.21 bits per heavy atom. The summed E-state index contributed by atoms with van der Waals surface area (Å²) in [6.45, 7) is 0.691. The molecule has 1 N–H and O–H groups in total. The molecule has 2 aromatic heterocycles. The third-order valence-electron chi connectivity index (χ3n) is 4.98. The molecule has 1 amide bonds. The zero-order valence-corrected chi connectivity index (χ0v) is 17.2. The fraction of sp³-hybridized carbons (Fsp3) is 0.136. The summed E-state index contributed by atoms with van der Waals surface area (Å²) in [4.78, 5) is 39.9. The maximum Gasteiger partial charge on any atom is 0.269 e. The van der Waals surface area contributed by atoms with E-state index in [1.165, 1.54) is 33.9 Å². The predicted octanol–water partition coefficient (Wildman–Crippen LogP) is 1.85. The molecule has 0 saturated carbocycles. The number of nitrogens with one attached hydrogen (secondary N) is 1. The molecule has 0 aliphatic carbocycles. The average Bonchev–Trinajstić information content (AvgIpc) is 3.24. The molecule has 11 nitrogen and oxygen atoms in total. The Bertz CT molecular complexity index is 1450. The van der Waals surface area contributed by atoms with Crippen molar-refractivity contribution in [2.75, 3.05) is 6.54 Å². The first kappa shape index (κ1) is 21.4. The predicted molar refractivity (Wildman–Crippen MR) is 117 cm³/mol. The Morgan fingerprint density at radius 3 is 2.73 bits per heavy atom. The van der Waals surface area contributed by atoms with Gasteiger partial charge in [0.25, 0.3) is 17.2 Å². The Hall–Kier alpha value is -4.85. The Kier molecular flexibility index (Phi) is 5.90. The quantitative estimate of drug-likeness (QED) is 0.338. The second-order valence-electron chi connectivity index (χ2n) is 7.15. The first-order valence-corrected chi connectivity index (χ1v) is 9.89. The van der Waals surface area contributed by atoms with E-state index in [2.05, 4.69) is 15.4 Å². The number of rotatable bonds is 7. The fourth-order valence-corrected chi connectivity index (χ4v) is 3.31. The third kappa shape index (κ3) is 4.59. The topological polar surface area (TPSA) is 149 Å². The van der Waals surface area contributed by atoms with Gasteiger partial charge in [0.05, 0.1) is 35.8 Å². The number of aromatic nitrogens is 4. The van der Waals surface area contributed by atoms with Gasteiger partial charge in [0, 0.05) is 24.2 Å². The van der Waals surface area contributed by atoms with Crippen LogP contribution in [-0.4, -0.2) is 36.7 Å². The number of nitro groups is 1. The van der Waals surface area contributed by atoms with Crippen LogP contribution in [0.1, 0.15) is 21.5 Å². The van der Waals surface area contributed by atoms with Crippen molar-refractivity contribution in [3.8, 4) is 6.07 Å². The summed E-state index contributed by atoms with van der Waals surface area (Å²) in [5.74, 6) is -0.289. The number of benzene rings is 2. The van der Waals surface area contributed by atoms with Crippen LogP contribution in [0.25, 0.3) is 11.0 Å². The molecule has 0 atom stereocenters. The molecule has 0 radical (unpaired) electrons. The minimum Gasteiger partial charge on any atom is -0.350 e. The summed E-state index contributed by atoms with van der Waals surface area (Å²) in [7, 11) is 0. The van der Waals surface area contributed by atoms with Gasteiger partial charge in [0.1, 0.15) is 11.7 Å². The highest BCUT2D eigenvalue weighted by Gasteiger charge is 2.12. The largest absolute Gasteiger partial charge is 0.350 e. The van der Waals surface area contributed by atoms with Crippen LogP contribution in [0.4, 0.5) is 5.69 Å². The van der Waals surface area contributed by atoms with Crippen LogP contribution in [-0.2, 0) is 13.1 Å². The normalized spacial score (nSPS) is 10.6. The second-order valence-corrected chi connectivity index (χ2v) is 7.15. The molecular weight excluding hydrogens is 426 g/mol. The summed E-state index contributed by atoms with van der Waals surface area (Å²) >= 11 is 0. The number of hydrogen-bond donors (Lipinski definition) is 1. The van der Waals surface area contributed by atoms with E-state index < -0.39 is 4.92 Å². The molecule has 33 heavy (non-hydrogen) atoms. The van der Waals surface area contributed by atoms with Crippen LogP contribution in [0.5, 0.6) is 0 Å². The summed E-state index contributed by atoms with van der Waals surface area (Å²) in [6, 6.07) is 14.3. The second kappa shape index (κ2) is 9.11. The number of nitro benzene ring substituents is 1. The van der Waals surface area contributed by atoms with E-state index in [9.17, 15) is 19.7 Å². The number of carbonyl (C=O) groups excluding carboxylic acids is 1. The number of hydrogen-bond acceptors (Lipinski definition) is 7. The summed E-state index contributed by atoms with van der Waals surface area (Å²) in [5.41, 5.74) is 1.51. The average molecular weight is 443 g/mol. The molecular formula is C22H17N7O4. The molecule has 0 spiro atoms. The van der Waals surface area contributed by atoms with Crippen LogP contribution < -0.4 is 10.9 Å². The maximum absolute atomic E-state index is 12.8. The van der Waals surface area contributed by atoms with Crippen molar-refractivity contribution in [3.05, 3.63) is 98.2 Å². The minimum absolute atomic E-state index is 0.0505. The van der Waals surface area contributed by atoms with E-state index >= 15 is 0 Å². The van der Waals surface area contributed by atoms with Gasteiger partial charge < -0.3 is 5.32 Å². The van der Waals surface area contributed by atoms with Gasteiger partial charge in [0.15, 0.2) is 5.65 Å². The first-order valence-electron chi connectivity index (χ1n) is 9.89. The highest BCUT2D eigenvalue weighted by molar-refractivity contribution is 5.94. The molecule has 0 bridgehead atoms. The van der Waals surface area contributed by atoms with Crippen LogP contribution in [0, 0.1) is 21.4 Å². The van der Waals surface area contributed by atoms with Gasteiger partial charge in [-0.15, -0.1) is 0 Å². The molecule has 0 saturated heterocycles. The van der Waals surface area contributed by atoms with E-state index in [0.717, 1.165) is 0 Å². The number of fused-ring (bicyclic) bond motifs is 1. The molecule has 0 fully saturated rings. The molecule has 0 aliphatic rings. The zero-order chi connectivity index (χ0) is 23.4. The van der Waals surface area contributed by atoms with Crippen LogP contribution in [0.2, 0.25) is 0 Å². The SMILES string of the molecule is N#Cc1ccc(C(=O)NCCn2ncc3c(=O)n(Cc4cccc([N+](=O)[O-])c4)cnc32)cc1. The molecule has 164 valence electrons. The maximum atomic E-state index is 12.8. The van der Waals surface area contributed by atoms with Crippen molar-refractivity contribution >= 4 is 22.6 Å². The van der Waals surface area contributed by atoms with Crippen LogP contribution in [0.15, 0.2) is 65.8 Å². The monoisotopic (exact) mass is 443 g/mol. The van der Waals surface area contributed by atoms with E-state index in [1.54, 1.807) is 36.4 Å². The Morgan fingerprint density at radius 2 is 2.00 bits per heavy atom. The van der Waals surface area contributed by atoms with Crippen molar-refractivity contribution in [1.29, 1.82) is 5.26 Å². The smallest absolute Gasteiger partial charge is 0.269 e. The van der Waals surface area contributed by atoms with E-state index in [0.29, 0.717) is 34.3 Å². The highest BCUT2D eigenvalue weighted by Crippen LogP contribution is 2.14. The molecule has 2 aromatic carbocycles. The van der Waals surface area contributed by atoms with E-state index in [1.807, 2.05) is 6.07 Å². The lowest BCUT2D eigenvalue weighted by molar-refractivity contribution is -0.384. The van der Waals surface area contributed by atoms with Crippen molar-refractivity contribution < 1.29 is 9.72 Å². The summed E-state index contributed by atoms with van der Waals surface area (Å²) in [5, 5.41) is 27.1. The van der Waals surface area contributed by atoms with Gasteiger partial charge in [-0.2, -0.15) is 10.4 Å². The standard InChI is InChI=1S/C22H17N7O4/c23-11-15-4-6-17(7-5-15)21(30)24-8-9-28-20-19(12-26-28)22(31)27(14-25-20)13-16-2-1-3-18(10-16)29(32)33/h1-7,10,12,14H,8-9,13H2,(H,24,30). The number of nitriles is 1. The lowest BCUT2D eigenvalue weighted by atomic mass is 10.1. The lowest BCUT2D eigenvalue weighted by Gasteiger charge is -2.08. The number of amides is 1. The summed E-state index contributed by atoms with van der Waals surface area (Å²) < 4.78 is 2.88. The number of nitrogens with zero attached hydrogens (tertiary/aromatic N) is 6. The molecule has 11 heteroatoms. The van der Waals surface area contributed by atoms with Crippen molar-refractivity contribution in [3.63, 3.8) is 0 Å². The van der Waals surface area contributed by atoms with Gasteiger partial charge in [-0.3, -0.25) is 24.3 Å². The van der Waals surface area contributed by atoms with Crippen molar-refractivity contribution in [2.45, 2.75) is 13.1 Å². The lowest BCUT2D eigenvalue weighted by Crippen LogP contribution is -2.27. The minimum atomic E-state index is -0.488. The molecule has 0 unspecified atom stereocenters. The van der Waals surface area contributed by atoms with Crippen LogP contribution >= 0.6 is 0 Å². The molecule has 0 aliphatic heterocycles. The third-order valence-corrected chi connectivity index (χ3v) is 4.98. The van der Waals surface area contributed by atoms with Crippen molar-refractivity contribution in [2.24, 2.45) is 0 Å². The fourth-order valence-electron chi connectivity index (χ4n) is 3.31. The Labute approximate surface area is 186 Å².